The number of rotatable bonds is 4. The van der Waals surface area contributed by atoms with Crippen LogP contribution in [0.25, 0.3) is 10.9 Å². The van der Waals surface area contributed by atoms with Crippen molar-refractivity contribution in [3.8, 4) is 0 Å². The number of para-hydroxylation sites is 1. The molecule has 2 heterocycles. The second-order valence-corrected chi connectivity index (χ2v) is 5.44. The van der Waals surface area contributed by atoms with E-state index in [0.717, 1.165) is 29.4 Å². The number of carbonyl (C=O) groups excluding carboxylic acids is 1. The summed E-state index contributed by atoms with van der Waals surface area (Å²) in [6.07, 6.45) is 2.25. The Kier molecular flexibility index (Phi) is 3.57. The number of aryl methyl sites for hydroxylation is 1. The van der Waals surface area contributed by atoms with E-state index in [1.54, 1.807) is 0 Å². The average Bonchev–Trinajstić information content (AvgIpc) is 3.05. The highest BCUT2D eigenvalue weighted by atomic mass is 16.5. The normalized spacial score (nSPS) is 22.5. The number of ether oxygens (including phenoxy) is 1. The Balaban J connectivity index is 1.84. The van der Waals surface area contributed by atoms with Crippen LogP contribution in [0.15, 0.2) is 24.3 Å². The smallest absolute Gasteiger partial charge is 0.144 e. The van der Waals surface area contributed by atoms with Crippen LogP contribution >= 0.6 is 0 Å². The minimum Gasteiger partial charge on any atom is -0.377 e. The number of carbonyl (C=O) groups is 1. The van der Waals surface area contributed by atoms with E-state index in [2.05, 4.69) is 12.0 Å². The first kappa shape index (κ1) is 13.3. The maximum Gasteiger partial charge on any atom is 0.144 e. The molecule has 2 unspecified atom stereocenters. The molecule has 0 spiro atoms. The predicted octanol–water partition coefficient (Wildman–Crippen LogP) is 2.50. The maximum atomic E-state index is 12.5. The van der Waals surface area contributed by atoms with E-state index in [0.29, 0.717) is 13.0 Å². The van der Waals surface area contributed by atoms with Crippen molar-refractivity contribution in [2.75, 3.05) is 6.61 Å². The summed E-state index contributed by atoms with van der Waals surface area (Å²) in [5, 5.41) is 5.59. The molecule has 0 bridgehead atoms. The molecule has 1 aromatic heterocycles. The van der Waals surface area contributed by atoms with E-state index in [-0.39, 0.29) is 17.8 Å². The Labute approximate surface area is 118 Å². The van der Waals surface area contributed by atoms with E-state index in [9.17, 15) is 4.79 Å². The molecule has 0 N–H and O–H groups in total. The Morgan fingerprint density at radius 2 is 2.25 bits per heavy atom. The molecule has 1 aromatic carbocycles. The van der Waals surface area contributed by atoms with Gasteiger partial charge in [-0.3, -0.25) is 9.48 Å². The summed E-state index contributed by atoms with van der Waals surface area (Å²) in [4.78, 5) is 12.5. The lowest BCUT2D eigenvalue weighted by Crippen LogP contribution is -2.25. The molecule has 1 saturated heterocycles. The molecule has 0 saturated carbocycles. The fraction of sp³-hybridized carbons (Fsp3) is 0.500. The van der Waals surface area contributed by atoms with Gasteiger partial charge in [-0.1, -0.05) is 25.1 Å². The first-order valence-electron chi connectivity index (χ1n) is 7.25. The SMILES string of the molecule is CCC1OCCC1C(=O)Cc1nn(C)c2ccccc12. The third-order valence-electron chi connectivity index (χ3n) is 4.20. The number of hydrogen-bond donors (Lipinski definition) is 0. The summed E-state index contributed by atoms with van der Waals surface area (Å²) in [5.41, 5.74) is 1.96. The number of fused-ring (bicyclic) bond motifs is 1. The Hall–Kier alpha value is -1.68. The van der Waals surface area contributed by atoms with Crippen LogP contribution < -0.4 is 0 Å². The zero-order valence-electron chi connectivity index (χ0n) is 12.0. The molecule has 0 amide bonds. The van der Waals surface area contributed by atoms with Crippen molar-refractivity contribution < 1.29 is 9.53 Å². The van der Waals surface area contributed by atoms with E-state index in [1.807, 2.05) is 36.0 Å². The van der Waals surface area contributed by atoms with Crippen LogP contribution in [0, 0.1) is 5.92 Å². The van der Waals surface area contributed by atoms with Gasteiger partial charge in [0.15, 0.2) is 0 Å². The Morgan fingerprint density at radius 1 is 1.45 bits per heavy atom. The highest BCUT2D eigenvalue weighted by molar-refractivity contribution is 5.90. The molecule has 0 aliphatic carbocycles. The molecular weight excluding hydrogens is 252 g/mol. The first-order valence-corrected chi connectivity index (χ1v) is 7.25. The van der Waals surface area contributed by atoms with Crippen molar-refractivity contribution in [2.24, 2.45) is 13.0 Å². The molecule has 1 fully saturated rings. The van der Waals surface area contributed by atoms with Crippen LogP contribution in [0.3, 0.4) is 0 Å². The Morgan fingerprint density at radius 3 is 3.05 bits per heavy atom. The lowest BCUT2D eigenvalue weighted by Gasteiger charge is -2.14. The van der Waals surface area contributed by atoms with Crippen LogP contribution in [-0.2, 0) is 23.0 Å². The van der Waals surface area contributed by atoms with Gasteiger partial charge in [-0.2, -0.15) is 5.10 Å². The second-order valence-electron chi connectivity index (χ2n) is 5.44. The highest BCUT2D eigenvalue weighted by Crippen LogP contribution is 2.26. The third kappa shape index (κ3) is 2.24. The van der Waals surface area contributed by atoms with E-state index < -0.39 is 0 Å². The zero-order valence-corrected chi connectivity index (χ0v) is 12.0. The maximum absolute atomic E-state index is 12.5. The van der Waals surface area contributed by atoms with Gasteiger partial charge >= 0.3 is 0 Å². The molecule has 20 heavy (non-hydrogen) atoms. The van der Waals surface area contributed by atoms with Gasteiger partial charge < -0.3 is 4.74 Å². The standard InChI is InChI=1S/C16H20N2O2/c1-3-16-12(8-9-20-16)15(19)10-13-11-6-4-5-7-14(11)18(2)17-13/h4-7,12,16H,3,8-10H2,1-2H3. The number of Topliss-reactive ketones (excluding diaryl/α,β-unsaturated/α-hetero) is 1. The van der Waals surface area contributed by atoms with Gasteiger partial charge in [0.05, 0.1) is 23.7 Å². The van der Waals surface area contributed by atoms with Crippen LogP contribution in [-0.4, -0.2) is 28.3 Å². The summed E-state index contributed by atoms with van der Waals surface area (Å²) in [6.45, 7) is 2.78. The van der Waals surface area contributed by atoms with Gasteiger partial charge in [0, 0.05) is 25.0 Å². The van der Waals surface area contributed by atoms with Crippen LogP contribution in [0.4, 0.5) is 0 Å². The molecule has 1 aliphatic heterocycles. The molecule has 0 radical (unpaired) electrons. The van der Waals surface area contributed by atoms with E-state index in [4.69, 9.17) is 4.74 Å². The number of ketones is 1. The molecule has 106 valence electrons. The molecule has 2 atom stereocenters. The van der Waals surface area contributed by atoms with Crippen molar-refractivity contribution >= 4 is 16.7 Å². The lowest BCUT2D eigenvalue weighted by atomic mass is 9.92. The molecule has 3 rings (SSSR count). The topological polar surface area (TPSA) is 44.1 Å². The van der Waals surface area contributed by atoms with Crippen molar-refractivity contribution in [2.45, 2.75) is 32.3 Å². The molecule has 1 aliphatic rings. The fourth-order valence-corrected chi connectivity index (χ4v) is 3.13. The van der Waals surface area contributed by atoms with Crippen molar-refractivity contribution in [1.29, 1.82) is 0 Å². The molecular formula is C16H20N2O2. The highest BCUT2D eigenvalue weighted by Gasteiger charge is 2.33. The third-order valence-corrected chi connectivity index (χ3v) is 4.20. The summed E-state index contributed by atoms with van der Waals surface area (Å²) in [6, 6.07) is 8.05. The monoisotopic (exact) mass is 272 g/mol. The summed E-state index contributed by atoms with van der Waals surface area (Å²) >= 11 is 0. The van der Waals surface area contributed by atoms with Crippen LogP contribution in [0.2, 0.25) is 0 Å². The minimum atomic E-state index is 0.0424. The van der Waals surface area contributed by atoms with Crippen LogP contribution in [0.5, 0.6) is 0 Å². The van der Waals surface area contributed by atoms with Gasteiger partial charge in [-0.25, -0.2) is 0 Å². The summed E-state index contributed by atoms with van der Waals surface area (Å²) in [7, 11) is 1.92. The summed E-state index contributed by atoms with van der Waals surface area (Å²) < 4.78 is 7.47. The minimum absolute atomic E-state index is 0.0424. The largest absolute Gasteiger partial charge is 0.377 e. The lowest BCUT2D eigenvalue weighted by molar-refractivity contribution is -0.123. The van der Waals surface area contributed by atoms with Crippen molar-refractivity contribution in [3.63, 3.8) is 0 Å². The predicted molar refractivity (Wildman–Crippen MR) is 77.6 cm³/mol. The van der Waals surface area contributed by atoms with Gasteiger partial charge in [-0.05, 0) is 18.9 Å². The molecule has 2 aromatic rings. The van der Waals surface area contributed by atoms with Crippen molar-refractivity contribution in [3.05, 3.63) is 30.0 Å². The van der Waals surface area contributed by atoms with E-state index in [1.165, 1.54) is 0 Å². The Bertz CT molecular complexity index is 632. The number of nitrogens with zero attached hydrogens (tertiary/aromatic N) is 2. The first-order chi connectivity index (χ1) is 9.70. The van der Waals surface area contributed by atoms with Gasteiger partial charge in [0.1, 0.15) is 5.78 Å². The number of aromatic nitrogens is 2. The average molecular weight is 272 g/mol. The number of hydrogen-bond acceptors (Lipinski definition) is 3. The number of benzene rings is 1. The van der Waals surface area contributed by atoms with Gasteiger partial charge in [0.2, 0.25) is 0 Å². The van der Waals surface area contributed by atoms with Gasteiger partial charge in [0.25, 0.3) is 0 Å². The van der Waals surface area contributed by atoms with Crippen molar-refractivity contribution in [1.82, 2.24) is 9.78 Å². The quantitative estimate of drug-likeness (QED) is 0.859. The zero-order chi connectivity index (χ0) is 14.1. The van der Waals surface area contributed by atoms with E-state index >= 15 is 0 Å². The second kappa shape index (κ2) is 5.37. The fourth-order valence-electron chi connectivity index (χ4n) is 3.13. The molecule has 4 nitrogen and oxygen atoms in total. The molecule has 4 heteroatoms. The summed E-state index contributed by atoms with van der Waals surface area (Å²) in [5.74, 6) is 0.305. The van der Waals surface area contributed by atoms with Gasteiger partial charge in [-0.15, -0.1) is 0 Å². The van der Waals surface area contributed by atoms with Crippen LogP contribution in [0.1, 0.15) is 25.5 Å².